The fraction of sp³-hybridized carbons (Fsp3) is 0.273. The lowest BCUT2D eigenvalue weighted by Gasteiger charge is -2.34. The highest BCUT2D eigenvalue weighted by molar-refractivity contribution is 6.07. The molecule has 2 heterocycles. The summed E-state index contributed by atoms with van der Waals surface area (Å²) in [5, 5.41) is 9.63. The van der Waals surface area contributed by atoms with Gasteiger partial charge in [0.1, 0.15) is 22.9 Å². The number of aromatic nitrogens is 2. The minimum atomic E-state index is -4.54. The van der Waals surface area contributed by atoms with E-state index < -0.39 is 24.2 Å². The van der Waals surface area contributed by atoms with Gasteiger partial charge in [0, 0.05) is 12.1 Å². The van der Waals surface area contributed by atoms with Gasteiger partial charge in [0.15, 0.2) is 6.04 Å². The van der Waals surface area contributed by atoms with Crippen LogP contribution in [0.15, 0.2) is 54.7 Å². The quantitative estimate of drug-likeness (QED) is 0.588. The van der Waals surface area contributed by atoms with Gasteiger partial charge in [-0.25, -0.2) is 4.68 Å². The lowest BCUT2D eigenvalue weighted by molar-refractivity contribution is -0.173. The van der Waals surface area contributed by atoms with E-state index in [1.807, 2.05) is 0 Å². The van der Waals surface area contributed by atoms with Gasteiger partial charge >= 0.3 is 6.18 Å². The van der Waals surface area contributed by atoms with Crippen LogP contribution in [0.5, 0.6) is 11.5 Å². The van der Waals surface area contributed by atoms with Crippen LogP contribution < -0.4 is 20.1 Å². The van der Waals surface area contributed by atoms with Gasteiger partial charge in [0.25, 0.3) is 5.91 Å². The Morgan fingerprint density at radius 1 is 1.12 bits per heavy atom. The normalized spacial score (nSPS) is 17.8. The molecule has 0 radical (unpaired) electrons. The van der Waals surface area contributed by atoms with Crippen molar-refractivity contribution in [2.75, 3.05) is 24.9 Å². The summed E-state index contributed by atoms with van der Waals surface area (Å²) in [6.45, 7) is 0. The summed E-state index contributed by atoms with van der Waals surface area (Å²) in [6, 6.07) is 10.9. The molecular formula is C22H21F3N4O3. The van der Waals surface area contributed by atoms with Gasteiger partial charge in [0.2, 0.25) is 0 Å². The highest BCUT2D eigenvalue weighted by Gasteiger charge is 2.47. The van der Waals surface area contributed by atoms with Crippen LogP contribution in [-0.2, 0) is 0 Å². The predicted molar refractivity (Wildman–Crippen MR) is 112 cm³/mol. The minimum Gasteiger partial charge on any atom is -0.497 e. The van der Waals surface area contributed by atoms with Crippen molar-refractivity contribution in [2.45, 2.75) is 24.7 Å². The number of anilines is 2. The molecule has 10 heteroatoms. The van der Waals surface area contributed by atoms with Gasteiger partial charge in [-0.05, 0) is 42.0 Å². The average molecular weight is 446 g/mol. The Bertz CT molecular complexity index is 1110. The maximum atomic E-state index is 13.9. The summed E-state index contributed by atoms with van der Waals surface area (Å²) in [5.74, 6) is 0.583. The molecule has 2 aromatic carbocycles. The van der Waals surface area contributed by atoms with E-state index in [1.54, 1.807) is 48.5 Å². The summed E-state index contributed by atoms with van der Waals surface area (Å²) < 4.78 is 52.7. The van der Waals surface area contributed by atoms with Crippen molar-refractivity contribution < 1.29 is 27.4 Å². The van der Waals surface area contributed by atoms with Crippen LogP contribution >= 0.6 is 0 Å². The second-order valence-electron chi connectivity index (χ2n) is 7.30. The number of nitrogens with one attached hydrogen (secondary N) is 2. The van der Waals surface area contributed by atoms with Crippen LogP contribution in [0.4, 0.5) is 24.7 Å². The summed E-state index contributed by atoms with van der Waals surface area (Å²) in [7, 11) is 3.01. The molecule has 0 spiro atoms. The third-order valence-electron chi connectivity index (χ3n) is 5.33. The first-order valence-corrected chi connectivity index (χ1v) is 9.80. The molecule has 0 fully saturated rings. The Balaban J connectivity index is 1.66. The van der Waals surface area contributed by atoms with Crippen LogP contribution in [0.3, 0.4) is 0 Å². The summed E-state index contributed by atoms with van der Waals surface area (Å²) in [5.41, 5.74) is 1.11. The fourth-order valence-electron chi connectivity index (χ4n) is 3.68. The zero-order chi connectivity index (χ0) is 22.9. The van der Waals surface area contributed by atoms with Gasteiger partial charge in [-0.3, -0.25) is 4.79 Å². The molecule has 32 heavy (non-hydrogen) atoms. The van der Waals surface area contributed by atoms with E-state index in [-0.39, 0.29) is 17.8 Å². The first-order chi connectivity index (χ1) is 15.3. The van der Waals surface area contributed by atoms with Gasteiger partial charge in [-0.15, -0.1) is 0 Å². The summed E-state index contributed by atoms with van der Waals surface area (Å²) in [6.07, 6.45) is -3.66. The van der Waals surface area contributed by atoms with Gasteiger partial charge in [0.05, 0.1) is 26.5 Å². The number of fused-ring (bicyclic) bond motifs is 1. The highest BCUT2D eigenvalue weighted by atomic mass is 19.4. The first kappa shape index (κ1) is 21.5. The Hall–Kier alpha value is -3.69. The van der Waals surface area contributed by atoms with Crippen molar-refractivity contribution in [2.24, 2.45) is 0 Å². The lowest BCUT2D eigenvalue weighted by atomic mass is 9.96. The zero-order valence-corrected chi connectivity index (χ0v) is 17.3. The molecule has 2 N–H and O–H groups in total. The minimum absolute atomic E-state index is 0.0115. The van der Waals surface area contributed by atoms with E-state index >= 15 is 0 Å². The monoisotopic (exact) mass is 446 g/mol. The highest BCUT2D eigenvalue weighted by Crippen LogP contribution is 2.44. The molecule has 0 bridgehead atoms. The molecular weight excluding hydrogens is 425 g/mol. The average Bonchev–Trinajstić information content (AvgIpc) is 3.22. The molecule has 1 aliphatic heterocycles. The fourth-order valence-corrected chi connectivity index (χ4v) is 3.68. The van der Waals surface area contributed by atoms with E-state index in [2.05, 4.69) is 15.7 Å². The summed E-state index contributed by atoms with van der Waals surface area (Å²) >= 11 is 0. The molecule has 0 saturated carbocycles. The maximum absolute atomic E-state index is 13.9. The van der Waals surface area contributed by atoms with Crippen molar-refractivity contribution in [3.8, 4) is 11.5 Å². The molecule has 0 saturated heterocycles. The Kier molecular flexibility index (Phi) is 5.68. The number of amides is 1. The van der Waals surface area contributed by atoms with Crippen molar-refractivity contribution in [3.05, 3.63) is 65.9 Å². The molecule has 1 aromatic heterocycles. The van der Waals surface area contributed by atoms with Crippen molar-refractivity contribution in [1.29, 1.82) is 0 Å². The van der Waals surface area contributed by atoms with Gasteiger partial charge in [-0.1, -0.05) is 12.1 Å². The van der Waals surface area contributed by atoms with E-state index in [0.717, 1.165) is 10.9 Å². The second-order valence-corrected chi connectivity index (χ2v) is 7.30. The lowest BCUT2D eigenvalue weighted by Crippen LogP contribution is -2.36. The second kappa shape index (κ2) is 8.45. The first-order valence-electron chi connectivity index (χ1n) is 9.80. The van der Waals surface area contributed by atoms with Crippen LogP contribution in [0.1, 0.15) is 34.4 Å². The number of nitrogens with zero attached hydrogens (tertiary/aromatic N) is 2. The van der Waals surface area contributed by atoms with E-state index in [0.29, 0.717) is 22.7 Å². The van der Waals surface area contributed by atoms with E-state index in [4.69, 9.17) is 9.47 Å². The van der Waals surface area contributed by atoms with E-state index in [1.165, 1.54) is 14.2 Å². The predicted octanol–water partition coefficient (Wildman–Crippen LogP) is 4.81. The van der Waals surface area contributed by atoms with Crippen molar-refractivity contribution >= 4 is 17.4 Å². The molecule has 168 valence electrons. The van der Waals surface area contributed by atoms with Gasteiger partial charge in [-0.2, -0.15) is 18.3 Å². The number of alkyl halides is 3. The molecule has 7 nitrogen and oxygen atoms in total. The smallest absolute Gasteiger partial charge is 0.410 e. The number of hydrogen-bond donors (Lipinski definition) is 2. The molecule has 3 aromatic rings. The number of benzene rings is 2. The molecule has 2 unspecified atom stereocenters. The van der Waals surface area contributed by atoms with Crippen molar-refractivity contribution in [1.82, 2.24) is 9.78 Å². The largest absolute Gasteiger partial charge is 0.497 e. The molecule has 0 aliphatic carbocycles. The van der Waals surface area contributed by atoms with Gasteiger partial charge < -0.3 is 20.1 Å². The Morgan fingerprint density at radius 3 is 2.50 bits per heavy atom. The van der Waals surface area contributed by atoms with Crippen molar-refractivity contribution in [3.63, 3.8) is 0 Å². The number of rotatable bonds is 5. The number of carbonyl (C=O) groups excluding carboxylic acids is 1. The van der Waals surface area contributed by atoms with Crippen LogP contribution in [0.2, 0.25) is 0 Å². The third-order valence-corrected chi connectivity index (χ3v) is 5.33. The van der Waals surface area contributed by atoms with Crippen LogP contribution in [0, 0.1) is 0 Å². The number of ether oxygens (including phenoxy) is 2. The molecule has 2 atom stereocenters. The summed E-state index contributed by atoms with van der Waals surface area (Å²) in [4.78, 5) is 12.9. The number of carbonyl (C=O) groups is 1. The number of methoxy groups -OCH3 is 2. The third kappa shape index (κ3) is 4.20. The van der Waals surface area contributed by atoms with Crippen LogP contribution in [-0.4, -0.2) is 36.1 Å². The zero-order valence-electron chi connectivity index (χ0n) is 17.3. The topological polar surface area (TPSA) is 77.4 Å². The molecule has 4 rings (SSSR count). The SMILES string of the molecule is COc1ccc(NC(=O)c2cnn3c2NC(c2cccc(OC)c2)CC3C(F)(F)F)cc1. The van der Waals surface area contributed by atoms with E-state index in [9.17, 15) is 18.0 Å². The standard InChI is InChI=1S/C22H21F3N4O3/c1-31-15-8-6-14(7-9-15)27-21(30)17-12-26-29-19(22(23,24)25)11-18(28-20(17)29)13-4-3-5-16(10-13)32-2/h3-10,12,18-19,28H,11H2,1-2H3,(H,27,30). The molecule has 1 aliphatic rings. The Morgan fingerprint density at radius 2 is 1.84 bits per heavy atom. The maximum Gasteiger partial charge on any atom is 0.410 e. The van der Waals surface area contributed by atoms with Crippen LogP contribution in [0.25, 0.3) is 0 Å². The Labute approximate surface area is 182 Å². The number of hydrogen-bond acceptors (Lipinski definition) is 5. The molecule has 1 amide bonds. The number of halogens is 3.